The van der Waals surface area contributed by atoms with Crippen molar-refractivity contribution in [1.82, 2.24) is 23.9 Å². The summed E-state index contributed by atoms with van der Waals surface area (Å²) in [4.78, 5) is 52.7. The lowest BCUT2D eigenvalue weighted by atomic mass is 9.92. The monoisotopic (exact) mass is 490 g/mol. The Kier molecular flexibility index (Phi) is 5.64. The lowest BCUT2D eigenvalue weighted by molar-refractivity contribution is -0.123. The number of carbonyl (C=O) groups is 2. The third-order valence-corrected chi connectivity index (χ3v) is 6.76. The number of aryl methyl sites for hydroxylation is 3. The number of ketones is 1. The van der Waals surface area contributed by atoms with Gasteiger partial charge in [0.1, 0.15) is 23.5 Å². The summed E-state index contributed by atoms with van der Waals surface area (Å²) < 4.78 is 5.48. The van der Waals surface area contributed by atoms with Gasteiger partial charge in [-0.05, 0) is 50.1 Å². The fourth-order valence-corrected chi connectivity index (χ4v) is 4.93. The second-order valence-electron chi connectivity index (χ2n) is 8.79. The smallest absolute Gasteiger partial charge is 0.341 e. The van der Waals surface area contributed by atoms with E-state index in [4.69, 9.17) is 0 Å². The van der Waals surface area contributed by atoms with E-state index < -0.39 is 11.4 Å². The summed E-state index contributed by atoms with van der Waals surface area (Å²) in [7, 11) is 0. The van der Waals surface area contributed by atoms with Gasteiger partial charge in [-0.2, -0.15) is 4.37 Å². The average Bonchev–Trinajstić information content (AvgIpc) is 3.26. The molecule has 35 heavy (non-hydrogen) atoms. The molecule has 1 saturated heterocycles. The number of aromatic nitrogens is 5. The van der Waals surface area contributed by atoms with Crippen molar-refractivity contribution >= 4 is 40.1 Å². The Hall–Kier alpha value is -3.99. The summed E-state index contributed by atoms with van der Waals surface area (Å²) >= 11 is 1.07. The number of anilines is 1. The summed E-state index contributed by atoms with van der Waals surface area (Å²) in [5, 5.41) is 10.2. The SMILES string of the molecule is Cc1cc(C)nc(CC(=O)C2CN(c3cc(C)c4c(=O)c(C(=O)O)cn(-c5ncns5)c4n3)C2)c1. The Morgan fingerprint density at radius 1 is 1.14 bits per heavy atom. The topological polar surface area (TPSA) is 131 Å². The number of hydrogen-bond acceptors (Lipinski definition) is 9. The largest absolute Gasteiger partial charge is 0.477 e. The van der Waals surface area contributed by atoms with E-state index in [1.165, 1.54) is 17.1 Å². The summed E-state index contributed by atoms with van der Waals surface area (Å²) in [6, 6.07) is 5.67. The summed E-state index contributed by atoms with van der Waals surface area (Å²) in [5.74, 6) is -0.700. The van der Waals surface area contributed by atoms with Crippen molar-refractivity contribution in [2.45, 2.75) is 27.2 Å². The molecule has 10 nitrogen and oxygen atoms in total. The molecule has 4 aromatic rings. The molecule has 0 aromatic carbocycles. The number of fused-ring (bicyclic) bond motifs is 1. The fourth-order valence-electron chi connectivity index (χ4n) is 4.42. The minimum absolute atomic E-state index is 0.129. The van der Waals surface area contributed by atoms with E-state index in [1.807, 2.05) is 30.9 Å². The van der Waals surface area contributed by atoms with Gasteiger partial charge in [0.25, 0.3) is 0 Å². The molecule has 0 aliphatic carbocycles. The molecule has 1 N–H and O–H groups in total. The average molecular weight is 491 g/mol. The maximum absolute atomic E-state index is 12.9. The molecular formula is C24H22N6O4S. The molecule has 1 aliphatic rings. The quantitative estimate of drug-likeness (QED) is 0.433. The fraction of sp³-hybridized carbons (Fsp3) is 0.292. The number of aromatic carboxylic acids is 1. The van der Waals surface area contributed by atoms with Crippen molar-refractivity contribution in [1.29, 1.82) is 0 Å². The van der Waals surface area contributed by atoms with E-state index in [9.17, 15) is 19.5 Å². The normalized spacial score (nSPS) is 13.7. The van der Waals surface area contributed by atoms with Gasteiger partial charge >= 0.3 is 5.97 Å². The molecule has 5 heterocycles. The van der Waals surface area contributed by atoms with Crippen LogP contribution in [0.2, 0.25) is 0 Å². The highest BCUT2D eigenvalue weighted by Crippen LogP contribution is 2.29. The molecule has 0 amide bonds. The molecule has 0 spiro atoms. The van der Waals surface area contributed by atoms with Crippen molar-refractivity contribution < 1.29 is 14.7 Å². The van der Waals surface area contributed by atoms with E-state index >= 15 is 0 Å². The van der Waals surface area contributed by atoms with Gasteiger partial charge in [0.15, 0.2) is 5.65 Å². The van der Waals surface area contributed by atoms with Crippen molar-refractivity contribution in [3.8, 4) is 5.13 Å². The number of carboxylic acid groups (broad SMARTS) is 1. The number of carboxylic acids is 1. The van der Waals surface area contributed by atoms with Gasteiger partial charge in [-0.25, -0.2) is 14.8 Å². The van der Waals surface area contributed by atoms with Crippen LogP contribution in [0.1, 0.15) is 32.9 Å². The van der Waals surface area contributed by atoms with Gasteiger partial charge in [0, 0.05) is 48.6 Å². The van der Waals surface area contributed by atoms with Crippen LogP contribution in [0.15, 0.2) is 35.5 Å². The highest BCUT2D eigenvalue weighted by Gasteiger charge is 2.34. The lowest BCUT2D eigenvalue weighted by Gasteiger charge is -2.39. The van der Waals surface area contributed by atoms with Crippen molar-refractivity contribution in [3.05, 3.63) is 69.0 Å². The predicted octanol–water partition coefficient (Wildman–Crippen LogP) is 2.50. The molecule has 11 heteroatoms. The zero-order valence-corrected chi connectivity index (χ0v) is 20.2. The van der Waals surface area contributed by atoms with Crippen LogP contribution in [0.4, 0.5) is 5.82 Å². The predicted molar refractivity (Wildman–Crippen MR) is 131 cm³/mol. The number of nitrogens with zero attached hydrogens (tertiary/aromatic N) is 6. The first-order valence-electron chi connectivity index (χ1n) is 11.0. The van der Waals surface area contributed by atoms with E-state index in [1.54, 1.807) is 13.0 Å². The molecule has 1 fully saturated rings. The maximum atomic E-state index is 12.9. The number of hydrogen-bond donors (Lipinski definition) is 1. The van der Waals surface area contributed by atoms with Crippen LogP contribution in [-0.2, 0) is 11.2 Å². The van der Waals surface area contributed by atoms with Crippen LogP contribution in [0.25, 0.3) is 16.2 Å². The van der Waals surface area contributed by atoms with E-state index in [0.717, 1.165) is 28.5 Å². The van der Waals surface area contributed by atoms with Gasteiger partial charge in [-0.15, -0.1) is 0 Å². The Bertz CT molecular complexity index is 1520. The van der Waals surface area contributed by atoms with Gasteiger partial charge in [-0.1, -0.05) is 0 Å². The van der Waals surface area contributed by atoms with Gasteiger partial charge in [0.2, 0.25) is 10.6 Å². The summed E-state index contributed by atoms with van der Waals surface area (Å²) in [6.45, 7) is 6.68. The first-order valence-corrected chi connectivity index (χ1v) is 11.8. The molecule has 1 aliphatic heterocycles. The molecule has 0 unspecified atom stereocenters. The van der Waals surface area contributed by atoms with E-state index in [2.05, 4.69) is 19.3 Å². The zero-order valence-electron chi connectivity index (χ0n) is 19.3. The second kappa shape index (κ2) is 8.66. The van der Waals surface area contributed by atoms with Gasteiger partial charge in [-0.3, -0.25) is 19.1 Å². The minimum Gasteiger partial charge on any atom is -0.477 e. The molecule has 0 atom stereocenters. The molecule has 0 radical (unpaired) electrons. The first kappa shape index (κ1) is 22.8. The highest BCUT2D eigenvalue weighted by atomic mass is 32.1. The van der Waals surface area contributed by atoms with Crippen LogP contribution in [0.5, 0.6) is 0 Å². The molecule has 0 bridgehead atoms. The first-order chi connectivity index (χ1) is 16.7. The Labute approximate surface area is 204 Å². The highest BCUT2D eigenvalue weighted by molar-refractivity contribution is 7.08. The summed E-state index contributed by atoms with van der Waals surface area (Å²) in [5.41, 5.74) is 2.71. The molecule has 178 valence electrons. The number of rotatable bonds is 6. The molecule has 0 saturated carbocycles. The van der Waals surface area contributed by atoms with Gasteiger partial charge in [0.05, 0.1) is 11.3 Å². The van der Waals surface area contributed by atoms with Crippen molar-refractivity contribution in [2.75, 3.05) is 18.0 Å². The van der Waals surface area contributed by atoms with Crippen LogP contribution in [0, 0.1) is 26.7 Å². The number of Topliss-reactive ketones (excluding diaryl/α,β-unsaturated/α-hetero) is 1. The molecular weight excluding hydrogens is 468 g/mol. The third kappa shape index (κ3) is 4.18. The van der Waals surface area contributed by atoms with Crippen molar-refractivity contribution in [3.63, 3.8) is 0 Å². The Morgan fingerprint density at radius 2 is 1.91 bits per heavy atom. The van der Waals surface area contributed by atoms with Crippen molar-refractivity contribution in [2.24, 2.45) is 5.92 Å². The summed E-state index contributed by atoms with van der Waals surface area (Å²) in [6.07, 6.45) is 2.89. The van der Waals surface area contributed by atoms with Crippen LogP contribution in [0.3, 0.4) is 0 Å². The number of carbonyl (C=O) groups excluding carboxylic acids is 1. The maximum Gasteiger partial charge on any atom is 0.341 e. The van der Waals surface area contributed by atoms with Crippen LogP contribution >= 0.6 is 11.5 Å². The van der Waals surface area contributed by atoms with Crippen LogP contribution in [-0.4, -0.2) is 53.8 Å². The second-order valence-corrected chi connectivity index (χ2v) is 9.55. The molecule has 5 rings (SSSR count). The van der Waals surface area contributed by atoms with E-state index in [0.29, 0.717) is 41.7 Å². The Balaban J connectivity index is 1.45. The lowest BCUT2D eigenvalue weighted by Crippen LogP contribution is -2.51. The zero-order chi connectivity index (χ0) is 24.9. The number of pyridine rings is 3. The standard InChI is InChI=1S/C24H22N6O4S/c1-12-4-14(3)27-16(5-12)7-18(31)15-8-29(9-15)19-6-13(2)20-21(32)17(23(33)34)10-30(22(20)28-19)24-25-11-26-35-24/h4-6,10-11,15H,7-9H2,1-3H3,(H,33,34). The van der Waals surface area contributed by atoms with E-state index in [-0.39, 0.29) is 22.7 Å². The third-order valence-electron chi connectivity index (χ3n) is 6.10. The Morgan fingerprint density at radius 3 is 2.57 bits per heavy atom. The van der Waals surface area contributed by atoms with Gasteiger partial charge < -0.3 is 10.0 Å². The minimum atomic E-state index is -1.32. The molecule has 4 aromatic heterocycles. The van der Waals surface area contributed by atoms with Crippen LogP contribution < -0.4 is 10.3 Å².